The van der Waals surface area contributed by atoms with Gasteiger partial charge < -0.3 is 5.11 Å². The minimum atomic E-state index is -3.41. The maximum absolute atomic E-state index is 12.5. The van der Waals surface area contributed by atoms with E-state index >= 15 is 0 Å². The highest BCUT2D eigenvalue weighted by atomic mass is 32.2. The number of nitrogens with zero attached hydrogens (tertiary/aromatic N) is 1. The van der Waals surface area contributed by atoms with Gasteiger partial charge in [0.25, 0.3) is 10.0 Å². The monoisotopic (exact) mass is 323 g/mol. The summed E-state index contributed by atoms with van der Waals surface area (Å²) in [6, 6.07) is 12.8. The normalized spacial score (nSPS) is 19.5. The molecular weight excluding hydrogens is 306 g/mol. The van der Waals surface area contributed by atoms with Gasteiger partial charge in [-0.3, -0.25) is 0 Å². The molecule has 1 aliphatic heterocycles. The number of aliphatic hydroxyl groups is 1. The van der Waals surface area contributed by atoms with Gasteiger partial charge in [-0.1, -0.05) is 36.4 Å². The molecular formula is C15H17NO3S2. The number of hydrogen-bond acceptors (Lipinski definition) is 4. The van der Waals surface area contributed by atoms with Crippen LogP contribution in [0.1, 0.15) is 18.4 Å². The number of rotatable bonds is 3. The summed E-state index contributed by atoms with van der Waals surface area (Å²) in [4.78, 5) is 0. The maximum Gasteiger partial charge on any atom is 0.252 e. The first kappa shape index (κ1) is 14.7. The van der Waals surface area contributed by atoms with Gasteiger partial charge in [-0.25, -0.2) is 8.42 Å². The minimum Gasteiger partial charge on any atom is -0.385 e. The summed E-state index contributed by atoms with van der Waals surface area (Å²) in [7, 11) is -3.41. The quantitative estimate of drug-likeness (QED) is 0.944. The summed E-state index contributed by atoms with van der Waals surface area (Å²) in [6.07, 6.45) is 0.837. The lowest BCUT2D eigenvalue weighted by atomic mass is 9.85. The zero-order valence-electron chi connectivity index (χ0n) is 11.5. The molecule has 2 heterocycles. The van der Waals surface area contributed by atoms with Crippen molar-refractivity contribution in [1.82, 2.24) is 4.31 Å². The van der Waals surface area contributed by atoms with Crippen LogP contribution in [0.5, 0.6) is 0 Å². The first-order chi connectivity index (χ1) is 10.0. The molecule has 0 aliphatic carbocycles. The highest BCUT2D eigenvalue weighted by molar-refractivity contribution is 7.91. The highest BCUT2D eigenvalue weighted by Crippen LogP contribution is 2.35. The molecule has 0 spiro atoms. The van der Waals surface area contributed by atoms with Crippen molar-refractivity contribution in [3.8, 4) is 0 Å². The van der Waals surface area contributed by atoms with Crippen molar-refractivity contribution < 1.29 is 13.5 Å². The Balaban J connectivity index is 1.77. The van der Waals surface area contributed by atoms with Gasteiger partial charge in [-0.05, 0) is 29.9 Å². The lowest BCUT2D eigenvalue weighted by Gasteiger charge is -2.37. The molecule has 1 saturated heterocycles. The molecule has 1 aliphatic rings. The van der Waals surface area contributed by atoms with Crippen LogP contribution in [0, 0.1) is 0 Å². The lowest BCUT2D eigenvalue weighted by Crippen LogP contribution is -2.44. The molecule has 1 aromatic carbocycles. The van der Waals surface area contributed by atoms with E-state index in [1.807, 2.05) is 30.3 Å². The topological polar surface area (TPSA) is 57.6 Å². The van der Waals surface area contributed by atoms with Crippen LogP contribution in [0.25, 0.3) is 0 Å². The average molecular weight is 323 g/mol. The molecule has 3 rings (SSSR count). The van der Waals surface area contributed by atoms with Crippen LogP contribution in [0.4, 0.5) is 0 Å². The van der Waals surface area contributed by atoms with Crippen molar-refractivity contribution in [3.63, 3.8) is 0 Å². The third-order valence-electron chi connectivity index (χ3n) is 3.95. The summed E-state index contributed by atoms with van der Waals surface area (Å²) >= 11 is 1.23. The van der Waals surface area contributed by atoms with E-state index in [-0.39, 0.29) is 0 Å². The third-order valence-corrected chi connectivity index (χ3v) is 7.22. The molecule has 21 heavy (non-hydrogen) atoms. The molecule has 1 aromatic heterocycles. The average Bonchev–Trinajstić information content (AvgIpc) is 3.04. The zero-order valence-corrected chi connectivity index (χ0v) is 13.1. The van der Waals surface area contributed by atoms with Gasteiger partial charge in [0.1, 0.15) is 4.21 Å². The predicted molar refractivity (Wildman–Crippen MR) is 82.7 cm³/mol. The van der Waals surface area contributed by atoms with Crippen LogP contribution in [0.3, 0.4) is 0 Å². The Hall–Kier alpha value is -1.21. The van der Waals surface area contributed by atoms with Gasteiger partial charge in [0.05, 0.1) is 5.60 Å². The van der Waals surface area contributed by atoms with Crippen LogP contribution in [0.2, 0.25) is 0 Å². The Kier molecular flexibility index (Phi) is 3.88. The first-order valence-corrected chi connectivity index (χ1v) is 9.16. The fourth-order valence-electron chi connectivity index (χ4n) is 2.67. The number of hydrogen-bond donors (Lipinski definition) is 1. The smallest absolute Gasteiger partial charge is 0.252 e. The summed E-state index contributed by atoms with van der Waals surface area (Å²) in [5.41, 5.74) is -0.0684. The second kappa shape index (κ2) is 5.53. The van der Waals surface area contributed by atoms with Crippen molar-refractivity contribution in [3.05, 3.63) is 53.4 Å². The second-order valence-electron chi connectivity index (χ2n) is 5.23. The Labute approximate surface area is 128 Å². The SMILES string of the molecule is O=S(=O)(c1cccs1)N1CCC(O)(c2ccccc2)CC1. The van der Waals surface area contributed by atoms with Crippen molar-refractivity contribution in [1.29, 1.82) is 0 Å². The standard InChI is InChI=1S/C15H17NO3S2/c17-15(13-5-2-1-3-6-13)8-10-16(11-9-15)21(18,19)14-7-4-12-20-14/h1-7,12,17H,8-11H2. The molecule has 112 valence electrons. The minimum absolute atomic E-state index is 0.339. The van der Waals surface area contributed by atoms with Crippen LogP contribution < -0.4 is 0 Å². The van der Waals surface area contributed by atoms with Gasteiger partial charge >= 0.3 is 0 Å². The number of piperidine rings is 1. The Morgan fingerprint density at radius 1 is 1.05 bits per heavy atom. The van der Waals surface area contributed by atoms with Gasteiger partial charge in [-0.2, -0.15) is 4.31 Å². The van der Waals surface area contributed by atoms with E-state index in [1.165, 1.54) is 15.6 Å². The number of sulfonamides is 1. The third kappa shape index (κ3) is 2.76. The van der Waals surface area contributed by atoms with Crippen LogP contribution in [-0.2, 0) is 15.6 Å². The number of thiophene rings is 1. The maximum atomic E-state index is 12.5. The van der Waals surface area contributed by atoms with E-state index in [1.54, 1.807) is 17.5 Å². The summed E-state index contributed by atoms with van der Waals surface area (Å²) in [6.45, 7) is 0.678. The Morgan fingerprint density at radius 2 is 1.71 bits per heavy atom. The largest absolute Gasteiger partial charge is 0.385 e. The fourth-order valence-corrected chi connectivity index (χ4v) is 5.26. The molecule has 4 nitrogen and oxygen atoms in total. The van der Waals surface area contributed by atoms with Crippen molar-refractivity contribution in [2.75, 3.05) is 13.1 Å². The van der Waals surface area contributed by atoms with E-state index in [0.29, 0.717) is 30.1 Å². The number of benzene rings is 1. The first-order valence-electron chi connectivity index (χ1n) is 6.84. The second-order valence-corrected chi connectivity index (χ2v) is 8.35. The zero-order chi connectivity index (χ0) is 14.9. The Morgan fingerprint density at radius 3 is 2.29 bits per heavy atom. The van der Waals surface area contributed by atoms with Crippen molar-refractivity contribution in [2.45, 2.75) is 22.7 Å². The molecule has 1 fully saturated rings. The molecule has 0 atom stereocenters. The van der Waals surface area contributed by atoms with Crippen molar-refractivity contribution in [2.24, 2.45) is 0 Å². The Bertz CT molecular complexity index is 688. The van der Waals surface area contributed by atoms with Crippen LogP contribution in [-0.4, -0.2) is 30.9 Å². The van der Waals surface area contributed by atoms with E-state index in [9.17, 15) is 13.5 Å². The summed E-state index contributed by atoms with van der Waals surface area (Å²) < 4.78 is 26.7. The van der Waals surface area contributed by atoms with E-state index in [2.05, 4.69) is 0 Å². The molecule has 1 N–H and O–H groups in total. The highest BCUT2D eigenvalue weighted by Gasteiger charge is 2.38. The van der Waals surface area contributed by atoms with Gasteiger partial charge in [0.2, 0.25) is 0 Å². The van der Waals surface area contributed by atoms with Gasteiger partial charge in [-0.15, -0.1) is 11.3 Å². The van der Waals surface area contributed by atoms with Gasteiger partial charge in [0, 0.05) is 13.1 Å². The van der Waals surface area contributed by atoms with E-state index < -0.39 is 15.6 Å². The molecule has 0 saturated carbocycles. The summed E-state index contributed by atoms with van der Waals surface area (Å²) in [5, 5.41) is 12.5. The van der Waals surface area contributed by atoms with E-state index in [4.69, 9.17) is 0 Å². The lowest BCUT2D eigenvalue weighted by molar-refractivity contribution is -0.00958. The summed E-state index contributed by atoms with van der Waals surface area (Å²) in [5.74, 6) is 0. The fraction of sp³-hybridized carbons (Fsp3) is 0.333. The van der Waals surface area contributed by atoms with E-state index in [0.717, 1.165) is 5.56 Å². The predicted octanol–water partition coefficient (Wildman–Crippen LogP) is 2.42. The molecule has 0 unspecified atom stereocenters. The molecule has 0 amide bonds. The molecule has 2 aromatic rings. The molecule has 0 bridgehead atoms. The molecule has 6 heteroatoms. The van der Waals surface area contributed by atoms with Crippen molar-refractivity contribution >= 4 is 21.4 Å². The van der Waals surface area contributed by atoms with Crippen LogP contribution in [0.15, 0.2) is 52.1 Å². The van der Waals surface area contributed by atoms with Crippen LogP contribution >= 0.6 is 11.3 Å². The molecule has 0 radical (unpaired) electrons. The van der Waals surface area contributed by atoms with Gasteiger partial charge in [0.15, 0.2) is 0 Å².